The molecule has 0 bridgehead atoms. The molecular weight excluding hydrogens is 411 g/mol. The first-order valence-electron chi connectivity index (χ1n) is 6.36. The second kappa shape index (κ2) is 6.26. The van der Waals surface area contributed by atoms with Gasteiger partial charge in [-0.15, -0.1) is 0 Å². The smallest absolute Gasteiger partial charge is 0.320 e. The van der Waals surface area contributed by atoms with E-state index in [0.717, 1.165) is 6.07 Å². The molecule has 0 radical (unpaired) electrons. The summed E-state index contributed by atoms with van der Waals surface area (Å²) in [6.07, 6.45) is 1.59. The van der Waals surface area contributed by atoms with E-state index in [1.807, 2.05) is 0 Å². The normalized spacial score (nSPS) is 15.3. The van der Waals surface area contributed by atoms with E-state index < -0.39 is 23.6 Å². The standard InChI is InChI=1S/C14H13BrF2NO3PS/c1-13(23,12-4-2-3-7-18-12)9-5-6-10(11(15)8-9)14(16,17)22(19,20)21/h2-8,23H,1H3,(H2,19,20,21). The van der Waals surface area contributed by atoms with Crippen molar-refractivity contribution < 1.29 is 23.1 Å². The van der Waals surface area contributed by atoms with Gasteiger partial charge in [0.05, 0.1) is 10.4 Å². The average molecular weight is 424 g/mol. The molecule has 1 atom stereocenters. The SMILES string of the molecule is CC(S)(c1ccc(C(F)(F)P(=O)(O)O)c(Br)c1)c1ccccn1. The van der Waals surface area contributed by atoms with Gasteiger partial charge in [-0.25, -0.2) is 0 Å². The zero-order valence-electron chi connectivity index (χ0n) is 11.8. The molecule has 23 heavy (non-hydrogen) atoms. The molecule has 0 aliphatic carbocycles. The molecule has 0 saturated carbocycles. The van der Waals surface area contributed by atoms with Crippen molar-refractivity contribution in [2.75, 3.05) is 0 Å². The lowest BCUT2D eigenvalue weighted by atomic mass is 9.95. The van der Waals surface area contributed by atoms with Crippen molar-refractivity contribution in [3.8, 4) is 0 Å². The summed E-state index contributed by atoms with van der Waals surface area (Å²) in [5, 5.41) is 0. The van der Waals surface area contributed by atoms with Gasteiger partial charge in [0.25, 0.3) is 0 Å². The highest BCUT2D eigenvalue weighted by Gasteiger charge is 2.51. The quantitative estimate of drug-likeness (QED) is 0.507. The van der Waals surface area contributed by atoms with Gasteiger partial charge in [0.2, 0.25) is 0 Å². The lowest BCUT2D eigenvalue weighted by Gasteiger charge is -2.26. The molecule has 124 valence electrons. The van der Waals surface area contributed by atoms with E-state index in [9.17, 15) is 13.3 Å². The van der Waals surface area contributed by atoms with Crippen molar-refractivity contribution in [3.05, 3.63) is 63.9 Å². The van der Waals surface area contributed by atoms with Crippen LogP contribution in [-0.2, 0) is 15.0 Å². The van der Waals surface area contributed by atoms with Crippen LogP contribution in [0.15, 0.2) is 47.1 Å². The van der Waals surface area contributed by atoms with Crippen LogP contribution in [0.25, 0.3) is 0 Å². The summed E-state index contributed by atoms with van der Waals surface area (Å²) in [7, 11) is -5.63. The van der Waals surface area contributed by atoms with E-state index in [-0.39, 0.29) is 4.47 Å². The number of aromatic nitrogens is 1. The van der Waals surface area contributed by atoms with E-state index >= 15 is 0 Å². The summed E-state index contributed by atoms with van der Waals surface area (Å²) < 4.78 is 37.7. The number of halogens is 3. The summed E-state index contributed by atoms with van der Waals surface area (Å²) in [6.45, 7) is 1.75. The first-order valence-corrected chi connectivity index (χ1v) is 9.21. The van der Waals surface area contributed by atoms with Crippen molar-refractivity contribution in [2.24, 2.45) is 0 Å². The van der Waals surface area contributed by atoms with Gasteiger partial charge in [0.1, 0.15) is 0 Å². The molecule has 2 N–H and O–H groups in total. The van der Waals surface area contributed by atoms with Crippen LogP contribution in [0.4, 0.5) is 8.78 Å². The van der Waals surface area contributed by atoms with Gasteiger partial charge in [-0.3, -0.25) is 9.55 Å². The largest absolute Gasteiger partial charge is 0.399 e. The van der Waals surface area contributed by atoms with Crippen LogP contribution in [0.1, 0.15) is 23.7 Å². The maximum absolute atomic E-state index is 13.9. The number of benzene rings is 1. The van der Waals surface area contributed by atoms with Gasteiger partial charge in [0.15, 0.2) is 0 Å². The molecule has 1 unspecified atom stereocenters. The van der Waals surface area contributed by atoms with Gasteiger partial charge in [0, 0.05) is 16.2 Å². The van der Waals surface area contributed by atoms with Crippen molar-refractivity contribution in [1.82, 2.24) is 4.98 Å². The molecule has 4 nitrogen and oxygen atoms in total. The van der Waals surface area contributed by atoms with Crippen LogP contribution in [0, 0.1) is 0 Å². The number of alkyl halides is 2. The Morgan fingerprint density at radius 1 is 1.26 bits per heavy atom. The first-order chi connectivity index (χ1) is 10.5. The Kier molecular flexibility index (Phi) is 5.05. The van der Waals surface area contributed by atoms with E-state index in [1.54, 1.807) is 31.3 Å². The fourth-order valence-corrected chi connectivity index (χ4v) is 3.58. The molecular formula is C14H13BrF2NO3PS. The van der Waals surface area contributed by atoms with Gasteiger partial charge in [-0.1, -0.05) is 34.1 Å². The fraction of sp³-hybridized carbons (Fsp3) is 0.214. The monoisotopic (exact) mass is 423 g/mol. The number of rotatable bonds is 4. The van der Waals surface area contributed by atoms with Crippen molar-refractivity contribution in [3.63, 3.8) is 0 Å². The molecule has 1 heterocycles. The van der Waals surface area contributed by atoms with Gasteiger partial charge >= 0.3 is 13.3 Å². The minimum Gasteiger partial charge on any atom is -0.320 e. The summed E-state index contributed by atoms with van der Waals surface area (Å²) in [4.78, 5) is 21.9. The van der Waals surface area contributed by atoms with Crippen molar-refractivity contribution in [1.29, 1.82) is 0 Å². The Labute approximate surface area is 145 Å². The molecule has 0 aliphatic heterocycles. The molecule has 0 amide bonds. The lowest BCUT2D eigenvalue weighted by Crippen LogP contribution is -2.19. The zero-order chi connectivity index (χ0) is 17.5. The maximum atomic E-state index is 13.9. The second-order valence-corrected chi connectivity index (χ2v) is 8.47. The highest BCUT2D eigenvalue weighted by molar-refractivity contribution is 9.10. The number of hydrogen-bond donors (Lipinski definition) is 3. The zero-order valence-corrected chi connectivity index (χ0v) is 15.2. The van der Waals surface area contributed by atoms with Crippen molar-refractivity contribution >= 4 is 36.2 Å². The molecule has 1 aromatic carbocycles. The number of pyridine rings is 1. The summed E-state index contributed by atoms with van der Waals surface area (Å²) >= 11 is 7.52. The van der Waals surface area contributed by atoms with Gasteiger partial charge in [-0.2, -0.15) is 21.4 Å². The topological polar surface area (TPSA) is 70.4 Å². The molecule has 0 fully saturated rings. The molecule has 2 aromatic rings. The van der Waals surface area contributed by atoms with Crippen LogP contribution in [0.2, 0.25) is 0 Å². The third kappa shape index (κ3) is 3.51. The Morgan fingerprint density at radius 2 is 1.91 bits per heavy atom. The molecule has 9 heteroatoms. The Bertz CT molecular complexity index is 768. The third-order valence-electron chi connectivity index (χ3n) is 3.38. The predicted molar refractivity (Wildman–Crippen MR) is 89.8 cm³/mol. The van der Waals surface area contributed by atoms with Crippen LogP contribution in [-0.4, -0.2) is 14.8 Å². The van der Waals surface area contributed by atoms with E-state index in [4.69, 9.17) is 9.79 Å². The number of thiol groups is 1. The van der Waals surface area contributed by atoms with E-state index in [2.05, 4.69) is 33.5 Å². The van der Waals surface area contributed by atoms with Crippen LogP contribution >= 0.6 is 36.2 Å². The summed E-state index contributed by atoms with van der Waals surface area (Å²) in [6, 6.07) is 8.97. The van der Waals surface area contributed by atoms with Crippen LogP contribution in [0.5, 0.6) is 0 Å². The summed E-state index contributed by atoms with van der Waals surface area (Å²) in [5.74, 6) is 0. The fourth-order valence-electron chi connectivity index (χ4n) is 2.02. The highest BCUT2D eigenvalue weighted by atomic mass is 79.9. The van der Waals surface area contributed by atoms with E-state index in [0.29, 0.717) is 11.3 Å². The minimum atomic E-state index is -5.63. The van der Waals surface area contributed by atoms with Crippen LogP contribution in [0.3, 0.4) is 0 Å². The third-order valence-corrected chi connectivity index (χ3v) is 5.50. The van der Waals surface area contributed by atoms with Gasteiger partial charge < -0.3 is 9.79 Å². The predicted octanol–water partition coefficient (Wildman–Crippen LogP) is 4.26. The molecule has 0 aliphatic rings. The maximum Gasteiger partial charge on any atom is 0.399 e. The van der Waals surface area contributed by atoms with Crippen LogP contribution < -0.4 is 0 Å². The molecule has 2 rings (SSSR count). The Balaban J connectivity index is 2.51. The highest BCUT2D eigenvalue weighted by Crippen LogP contribution is 2.60. The Hall–Kier alpha value is -0.790. The minimum absolute atomic E-state index is 0.112. The van der Waals surface area contributed by atoms with Gasteiger partial charge in [-0.05, 0) is 30.7 Å². The lowest BCUT2D eigenvalue weighted by molar-refractivity contribution is 0.0557. The molecule has 0 spiro atoms. The molecule has 1 aromatic heterocycles. The number of nitrogens with zero attached hydrogens (tertiary/aromatic N) is 1. The first kappa shape index (κ1) is 18.5. The number of hydrogen-bond acceptors (Lipinski definition) is 3. The second-order valence-electron chi connectivity index (χ2n) is 5.07. The van der Waals surface area contributed by atoms with Crippen molar-refractivity contribution in [2.45, 2.75) is 17.3 Å². The average Bonchev–Trinajstić information content (AvgIpc) is 2.46. The summed E-state index contributed by atoms with van der Waals surface area (Å²) in [5.41, 5.74) is -3.89. The Morgan fingerprint density at radius 3 is 2.39 bits per heavy atom. The van der Waals surface area contributed by atoms with E-state index in [1.165, 1.54) is 12.1 Å². The molecule has 0 saturated heterocycles.